The molecule has 2 aromatic rings. The third kappa shape index (κ3) is 1.97. The molecule has 84 valence electrons. The van der Waals surface area contributed by atoms with Crippen LogP contribution in [-0.2, 0) is 0 Å². The Hall–Kier alpha value is -3.30. The van der Waals surface area contributed by atoms with Crippen LogP contribution in [0.4, 0.5) is 5.95 Å². The summed E-state index contributed by atoms with van der Waals surface area (Å²) in [5, 5.41) is 28.9. The van der Waals surface area contributed by atoms with Crippen molar-refractivity contribution in [2.24, 2.45) is 0 Å². The average Bonchev–Trinajstić information content (AvgIpc) is 2.81. The van der Waals surface area contributed by atoms with Crippen molar-refractivity contribution in [3.05, 3.63) is 35.5 Å². The number of nitriles is 3. The van der Waals surface area contributed by atoms with E-state index in [0.29, 0.717) is 5.95 Å². The van der Waals surface area contributed by atoms with Crippen LogP contribution in [0.2, 0.25) is 0 Å². The second kappa shape index (κ2) is 4.69. The van der Waals surface area contributed by atoms with Crippen LogP contribution < -0.4 is 5.32 Å². The van der Waals surface area contributed by atoms with Crippen LogP contribution in [0.1, 0.15) is 0 Å². The van der Waals surface area contributed by atoms with Crippen molar-refractivity contribution in [1.82, 2.24) is 9.97 Å². The Morgan fingerprint density at radius 2 is 1.83 bits per heavy atom. The predicted molar refractivity (Wildman–Crippen MR) is 63.6 cm³/mol. The smallest absolute Gasteiger partial charge is 0.206 e. The second-order valence-electron chi connectivity index (χ2n) is 3.31. The van der Waals surface area contributed by atoms with Crippen LogP contribution in [0.15, 0.2) is 35.5 Å². The minimum atomic E-state index is -0.280. The summed E-state index contributed by atoms with van der Waals surface area (Å²) in [7, 11) is 0. The number of para-hydroxylation sites is 2. The fourth-order valence-electron chi connectivity index (χ4n) is 1.41. The van der Waals surface area contributed by atoms with E-state index in [1.807, 2.05) is 24.3 Å². The Morgan fingerprint density at radius 1 is 1.11 bits per heavy atom. The number of aromatic amines is 1. The Bertz CT molecular complexity index is 698. The molecule has 18 heavy (non-hydrogen) atoms. The lowest BCUT2D eigenvalue weighted by molar-refractivity contribution is 1.26. The molecule has 0 radical (unpaired) electrons. The molecule has 0 bridgehead atoms. The second-order valence-corrected chi connectivity index (χ2v) is 3.31. The van der Waals surface area contributed by atoms with Gasteiger partial charge in [0.25, 0.3) is 0 Å². The molecular formula is C12H6N6. The number of allylic oxidation sites excluding steroid dienone is 2. The summed E-state index contributed by atoms with van der Waals surface area (Å²) in [6, 6.07) is 12.4. The average molecular weight is 234 g/mol. The number of fused-ring (bicyclic) bond motifs is 1. The molecule has 6 nitrogen and oxygen atoms in total. The van der Waals surface area contributed by atoms with Crippen molar-refractivity contribution in [2.45, 2.75) is 0 Å². The van der Waals surface area contributed by atoms with E-state index in [9.17, 15) is 0 Å². The van der Waals surface area contributed by atoms with Crippen LogP contribution in [-0.4, -0.2) is 9.97 Å². The zero-order valence-electron chi connectivity index (χ0n) is 9.10. The highest BCUT2D eigenvalue weighted by molar-refractivity contribution is 5.77. The molecule has 2 rings (SSSR count). The third-order valence-corrected chi connectivity index (χ3v) is 2.22. The molecule has 0 aliphatic carbocycles. The molecule has 0 saturated heterocycles. The largest absolute Gasteiger partial charge is 0.324 e. The number of anilines is 1. The maximum Gasteiger partial charge on any atom is 0.206 e. The van der Waals surface area contributed by atoms with E-state index in [-0.39, 0.29) is 11.3 Å². The van der Waals surface area contributed by atoms with E-state index in [1.54, 1.807) is 18.2 Å². The summed E-state index contributed by atoms with van der Waals surface area (Å²) < 4.78 is 0. The lowest BCUT2D eigenvalue weighted by atomic mass is 10.2. The Balaban J connectivity index is 2.41. The van der Waals surface area contributed by atoms with Gasteiger partial charge >= 0.3 is 0 Å². The highest BCUT2D eigenvalue weighted by Gasteiger charge is 2.08. The summed E-state index contributed by atoms with van der Waals surface area (Å²) in [6.07, 6.45) is 0. The summed E-state index contributed by atoms with van der Waals surface area (Å²) in [5.74, 6) is 0.316. The first-order valence-corrected chi connectivity index (χ1v) is 4.95. The minimum Gasteiger partial charge on any atom is -0.324 e. The standard InChI is InChI=1S/C12H6N6/c13-5-8(6-14)11(7-15)18-12-16-9-3-1-2-4-10(9)17-12/h1-4H,(H2,16,17,18). The van der Waals surface area contributed by atoms with E-state index in [1.165, 1.54) is 0 Å². The highest BCUT2D eigenvalue weighted by atomic mass is 15.1. The van der Waals surface area contributed by atoms with Gasteiger partial charge in [-0.15, -0.1) is 0 Å². The number of hydrogen-bond donors (Lipinski definition) is 2. The first kappa shape index (κ1) is 11.2. The molecule has 2 N–H and O–H groups in total. The molecule has 1 aromatic heterocycles. The Morgan fingerprint density at radius 3 is 2.44 bits per heavy atom. The van der Waals surface area contributed by atoms with Crippen LogP contribution in [0.3, 0.4) is 0 Å². The summed E-state index contributed by atoms with van der Waals surface area (Å²) in [4.78, 5) is 7.12. The molecule has 1 heterocycles. The number of H-pyrrole nitrogens is 1. The molecule has 0 unspecified atom stereocenters. The Labute approximate surface area is 102 Å². The molecule has 0 fully saturated rings. The maximum absolute atomic E-state index is 8.88. The van der Waals surface area contributed by atoms with Crippen molar-refractivity contribution < 1.29 is 0 Å². The van der Waals surface area contributed by atoms with Crippen molar-refractivity contribution in [1.29, 1.82) is 15.8 Å². The fraction of sp³-hybridized carbons (Fsp3) is 0. The van der Waals surface area contributed by atoms with Crippen LogP contribution in [0, 0.1) is 34.0 Å². The summed E-state index contributed by atoms with van der Waals surface area (Å²) in [5.41, 5.74) is 1.12. The lowest BCUT2D eigenvalue weighted by Gasteiger charge is -1.98. The molecule has 0 aliphatic rings. The zero-order valence-corrected chi connectivity index (χ0v) is 9.10. The third-order valence-electron chi connectivity index (χ3n) is 2.22. The van der Waals surface area contributed by atoms with Crippen molar-refractivity contribution >= 4 is 17.0 Å². The quantitative estimate of drug-likeness (QED) is 0.769. The van der Waals surface area contributed by atoms with E-state index in [2.05, 4.69) is 15.3 Å². The van der Waals surface area contributed by atoms with E-state index < -0.39 is 0 Å². The van der Waals surface area contributed by atoms with Gasteiger partial charge in [0.1, 0.15) is 23.9 Å². The normalized spacial score (nSPS) is 8.94. The zero-order chi connectivity index (χ0) is 13.0. The first-order valence-electron chi connectivity index (χ1n) is 4.95. The number of hydrogen-bond acceptors (Lipinski definition) is 5. The van der Waals surface area contributed by atoms with E-state index >= 15 is 0 Å². The van der Waals surface area contributed by atoms with Gasteiger partial charge in [0.05, 0.1) is 11.0 Å². The molecule has 0 spiro atoms. The molecule has 0 atom stereocenters. The van der Waals surface area contributed by atoms with Crippen molar-refractivity contribution in [3.8, 4) is 18.2 Å². The fourth-order valence-corrected chi connectivity index (χ4v) is 1.41. The molecule has 0 amide bonds. The van der Waals surface area contributed by atoms with Gasteiger partial charge in [-0.1, -0.05) is 12.1 Å². The van der Waals surface area contributed by atoms with Gasteiger partial charge in [0.2, 0.25) is 5.95 Å². The van der Waals surface area contributed by atoms with Gasteiger partial charge in [0.15, 0.2) is 5.57 Å². The van der Waals surface area contributed by atoms with Gasteiger partial charge < -0.3 is 10.3 Å². The van der Waals surface area contributed by atoms with E-state index in [0.717, 1.165) is 11.0 Å². The molecule has 0 aliphatic heterocycles. The predicted octanol–water partition coefficient (Wildman–Crippen LogP) is 1.80. The van der Waals surface area contributed by atoms with Crippen LogP contribution >= 0.6 is 0 Å². The number of imidazole rings is 1. The van der Waals surface area contributed by atoms with E-state index in [4.69, 9.17) is 15.8 Å². The van der Waals surface area contributed by atoms with Crippen molar-refractivity contribution in [3.63, 3.8) is 0 Å². The molecule has 0 saturated carbocycles. The number of aromatic nitrogens is 2. The van der Waals surface area contributed by atoms with Gasteiger partial charge in [0, 0.05) is 0 Å². The molecular weight excluding hydrogens is 228 g/mol. The number of rotatable bonds is 2. The highest BCUT2D eigenvalue weighted by Crippen LogP contribution is 2.15. The summed E-state index contributed by atoms with van der Waals surface area (Å²) >= 11 is 0. The maximum atomic E-state index is 8.88. The van der Waals surface area contributed by atoms with Gasteiger partial charge in [-0.25, -0.2) is 4.98 Å². The van der Waals surface area contributed by atoms with Crippen LogP contribution in [0.5, 0.6) is 0 Å². The topological polar surface area (TPSA) is 112 Å². The Kier molecular flexibility index (Phi) is 2.92. The van der Waals surface area contributed by atoms with Gasteiger partial charge in [-0.3, -0.25) is 0 Å². The SMILES string of the molecule is N#CC(C#N)=C(C#N)Nc1nc2ccccc2[nH]1. The summed E-state index contributed by atoms with van der Waals surface area (Å²) in [6.45, 7) is 0. The minimum absolute atomic E-state index is 0.126. The lowest BCUT2D eigenvalue weighted by Crippen LogP contribution is -2.01. The number of nitrogens with zero attached hydrogens (tertiary/aromatic N) is 4. The number of nitrogens with one attached hydrogen (secondary N) is 2. The van der Waals surface area contributed by atoms with Gasteiger partial charge in [-0.2, -0.15) is 15.8 Å². The van der Waals surface area contributed by atoms with Crippen LogP contribution in [0.25, 0.3) is 11.0 Å². The monoisotopic (exact) mass is 234 g/mol. The number of benzene rings is 1. The van der Waals surface area contributed by atoms with Gasteiger partial charge in [-0.05, 0) is 12.1 Å². The molecule has 6 heteroatoms. The first-order chi connectivity index (χ1) is 8.78. The molecule has 1 aromatic carbocycles. The van der Waals surface area contributed by atoms with Crippen molar-refractivity contribution in [2.75, 3.05) is 5.32 Å².